The van der Waals surface area contributed by atoms with Crippen molar-refractivity contribution in [3.63, 3.8) is 0 Å². The molecule has 10 heteroatoms. The van der Waals surface area contributed by atoms with Crippen LogP contribution in [-0.4, -0.2) is 55.2 Å². The summed E-state index contributed by atoms with van der Waals surface area (Å²) < 4.78 is 36.8. The van der Waals surface area contributed by atoms with Crippen LogP contribution >= 0.6 is 35.3 Å². The van der Waals surface area contributed by atoms with Crippen LogP contribution in [0.15, 0.2) is 4.99 Å². The lowest BCUT2D eigenvalue weighted by molar-refractivity contribution is -0.142. The highest BCUT2D eigenvalue weighted by molar-refractivity contribution is 14.0. The molecule has 0 aromatic carbocycles. The summed E-state index contributed by atoms with van der Waals surface area (Å²) in [5.74, 6) is 0.596. The van der Waals surface area contributed by atoms with Crippen molar-refractivity contribution in [2.45, 2.75) is 33.5 Å². The summed E-state index contributed by atoms with van der Waals surface area (Å²) in [5.41, 5.74) is 0.969. The van der Waals surface area contributed by atoms with Crippen molar-refractivity contribution in [1.29, 1.82) is 0 Å². The maximum Gasteiger partial charge on any atom is 0.401 e. The van der Waals surface area contributed by atoms with Crippen LogP contribution in [0.2, 0.25) is 0 Å². The number of likely N-dealkylation sites (N-methyl/N-ethyl adjacent to an activating group) is 1. The third-order valence-corrected chi connectivity index (χ3v) is 4.02. The van der Waals surface area contributed by atoms with Gasteiger partial charge in [-0.15, -0.1) is 35.3 Å². The predicted molar refractivity (Wildman–Crippen MR) is 103 cm³/mol. The molecule has 140 valence electrons. The van der Waals surface area contributed by atoms with Gasteiger partial charge >= 0.3 is 6.18 Å². The van der Waals surface area contributed by atoms with Gasteiger partial charge in [0.2, 0.25) is 0 Å². The average Bonchev–Trinajstić information content (AvgIpc) is 2.72. The topological polar surface area (TPSA) is 52.6 Å². The van der Waals surface area contributed by atoms with Crippen LogP contribution in [-0.2, 0) is 6.54 Å². The minimum absolute atomic E-state index is 0. The van der Waals surface area contributed by atoms with Crippen LogP contribution in [0.3, 0.4) is 0 Å². The van der Waals surface area contributed by atoms with Crippen LogP contribution in [0.1, 0.15) is 22.5 Å². The van der Waals surface area contributed by atoms with Gasteiger partial charge in [0.15, 0.2) is 5.96 Å². The smallest absolute Gasteiger partial charge is 0.357 e. The van der Waals surface area contributed by atoms with E-state index in [-0.39, 0.29) is 30.5 Å². The van der Waals surface area contributed by atoms with Crippen molar-refractivity contribution >= 4 is 41.3 Å². The largest absolute Gasteiger partial charge is 0.401 e. The Balaban J connectivity index is 0.00000529. The lowest BCUT2D eigenvalue weighted by Gasteiger charge is -2.19. The van der Waals surface area contributed by atoms with Gasteiger partial charge in [0.05, 0.1) is 23.8 Å². The van der Waals surface area contributed by atoms with Crippen LogP contribution in [0.25, 0.3) is 0 Å². The van der Waals surface area contributed by atoms with Crippen molar-refractivity contribution in [3.8, 4) is 0 Å². The fraction of sp³-hybridized carbons (Fsp3) is 0.714. The highest BCUT2D eigenvalue weighted by Gasteiger charge is 2.28. The van der Waals surface area contributed by atoms with E-state index in [0.29, 0.717) is 25.6 Å². The number of thiazole rings is 1. The van der Waals surface area contributed by atoms with Gasteiger partial charge in [0.1, 0.15) is 0 Å². The fourth-order valence-corrected chi connectivity index (χ4v) is 2.82. The van der Waals surface area contributed by atoms with Crippen molar-refractivity contribution in [3.05, 3.63) is 15.6 Å². The highest BCUT2D eigenvalue weighted by atomic mass is 127. The molecule has 0 aliphatic carbocycles. The summed E-state index contributed by atoms with van der Waals surface area (Å²) in [7, 11) is 1.45. The molecule has 0 atom stereocenters. The van der Waals surface area contributed by atoms with Gasteiger partial charge in [-0.25, -0.2) is 9.98 Å². The first-order valence-corrected chi connectivity index (χ1v) is 8.23. The minimum atomic E-state index is -4.17. The standard InChI is InChI=1S/C14H24F3N5S.HI/c1-5-18-13(19-6-7-22(4)9-14(15,16)17)20-8-12-10(2)21-11(3)23-12;/h5-9H2,1-4H3,(H2,18,19,20);1H. The number of alkyl halides is 3. The zero-order valence-corrected chi connectivity index (χ0v) is 17.5. The number of hydrogen-bond donors (Lipinski definition) is 2. The van der Waals surface area contributed by atoms with Crippen molar-refractivity contribution < 1.29 is 13.2 Å². The maximum atomic E-state index is 12.3. The van der Waals surface area contributed by atoms with Gasteiger partial charge in [0, 0.05) is 24.5 Å². The summed E-state index contributed by atoms with van der Waals surface area (Å²) >= 11 is 1.60. The second-order valence-electron chi connectivity index (χ2n) is 5.22. The minimum Gasteiger partial charge on any atom is -0.357 e. The molecule has 0 radical (unpaired) electrons. The maximum absolute atomic E-state index is 12.3. The number of aryl methyl sites for hydroxylation is 2. The van der Waals surface area contributed by atoms with Crippen LogP contribution in [0.5, 0.6) is 0 Å². The number of halogens is 4. The molecule has 2 N–H and O–H groups in total. The normalized spacial score (nSPS) is 12.2. The molecule has 0 saturated carbocycles. The van der Waals surface area contributed by atoms with Crippen LogP contribution < -0.4 is 10.6 Å². The molecule has 24 heavy (non-hydrogen) atoms. The van der Waals surface area contributed by atoms with E-state index in [0.717, 1.165) is 15.6 Å². The van der Waals surface area contributed by atoms with E-state index >= 15 is 0 Å². The first kappa shape index (κ1) is 23.4. The first-order chi connectivity index (χ1) is 10.7. The van der Waals surface area contributed by atoms with Gasteiger partial charge in [-0.3, -0.25) is 4.90 Å². The SMILES string of the molecule is CCNC(=NCc1sc(C)nc1C)NCCN(C)CC(F)(F)F.I. The molecular formula is C14H25F3IN5S. The molecule has 1 heterocycles. The van der Waals surface area contributed by atoms with Crippen LogP contribution in [0.4, 0.5) is 13.2 Å². The van der Waals surface area contributed by atoms with Gasteiger partial charge in [-0.2, -0.15) is 13.2 Å². The Bertz CT molecular complexity index is 519. The van der Waals surface area contributed by atoms with E-state index < -0.39 is 12.7 Å². The molecule has 0 bridgehead atoms. The zero-order chi connectivity index (χ0) is 17.5. The van der Waals surface area contributed by atoms with E-state index in [9.17, 15) is 13.2 Å². The monoisotopic (exact) mass is 479 g/mol. The number of aliphatic imine (C=N–C) groups is 1. The van der Waals surface area contributed by atoms with E-state index in [1.807, 2.05) is 20.8 Å². The Morgan fingerprint density at radius 2 is 1.96 bits per heavy atom. The van der Waals surface area contributed by atoms with Crippen molar-refractivity contribution in [2.24, 2.45) is 4.99 Å². The summed E-state index contributed by atoms with van der Waals surface area (Å²) in [6, 6.07) is 0. The zero-order valence-electron chi connectivity index (χ0n) is 14.3. The number of aromatic nitrogens is 1. The van der Waals surface area contributed by atoms with Crippen LogP contribution in [0, 0.1) is 13.8 Å². The Morgan fingerprint density at radius 1 is 1.29 bits per heavy atom. The Morgan fingerprint density at radius 3 is 2.46 bits per heavy atom. The molecule has 1 aromatic heterocycles. The number of guanidine groups is 1. The molecule has 0 spiro atoms. The molecule has 0 amide bonds. The molecule has 0 saturated heterocycles. The predicted octanol–water partition coefficient (Wildman–Crippen LogP) is 2.93. The van der Waals surface area contributed by atoms with Crippen molar-refractivity contribution in [2.75, 3.05) is 33.2 Å². The lowest BCUT2D eigenvalue weighted by Crippen LogP contribution is -2.42. The van der Waals surface area contributed by atoms with E-state index in [4.69, 9.17) is 0 Å². The third-order valence-electron chi connectivity index (χ3n) is 2.96. The molecule has 1 aromatic rings. The number of rotatable bonds is 7. The molecule has 1 rings (SSSR count). The van der Waals surface area contributed by atoms with E-state index in [2.05, 4.69) is 20.6 Å². The number of hydrogen-bond acceptors (Lipinski definition) is 4. The first-order valence-electron chi connectivity index (χ1n) is 7.41. The summed E-state index contributed by atoms with van der Waals surface area (Å²) in [6.07, 6.45) is -4.17. The van der Waals surface area contributed by atoms with Gasteiger partial charge in [-0.1, -0.05) is 0 Å². The quantitative estimate of drug-likeness (QED) is 0.359. The Kier molecular flexibility index (Phi) is 10.8. The van der Waals surface area contributed by atoms with Crippen molar-refractivity contribution in [1.82, 2.24) is 20.5 Å². The second kappa shape index (κ2) is 11.1. The van der Waals surface area contributed by atoms with E-state index in [1.54, 1.807) is 11.3 Å². The van der Waals surface area contributed by atoms with E-state index in [1.165, 1.54) is 11.9 Å². The summed E-state index contributed by atoms with van der Waals surface area (Å²) in [5, 5.41) is 7.13. The summed E-state index contributed by atoms with van der Waals surface area (Å²) in [6.45, 7) is 6.78. The molecule has 0 fully saturated rings. The average molecular weight is 479 g/mol. The highest BCUT2D eigenvalue weighted by Crippen LogP contribution is 2.17. The molecule has 0 unspecified atom stereocenters. The Labute approximate surface area is 162 Å². The molecule has 5 nitrogen and oxygen atoms in total. The Hall–Kier alpha value is -0.620. The van der Waals surface area contributed by atoms with Gasteiger partial charge < -0.3 is 10.6 Å². The number of nitrogens with one attached hydrogen (secondary N) is 2. The second-order valence-corrected chi connectivity index (χ2v) is 6.50. The third kappa shape index (κ3) is 9.62. The van der Waals surface area contributed by atoms with Gasteiger partial charge in [0.25, 0.3) is 0 Å². The fourth-order valence-electron chi connectivity index (χ4n) is 1.96. The number of nitrogens with zero attached hydrogens (tertiary/aromatic N) is 3. The molecule has 0 aliphatic rings. The lowest BCUT2D eigenvalue weighted by atomic mass is 10.4. The molecule has 0 aliphatic heterocycles. The summed E-state index contributed by atoms with van der Waals surface area (Å²) in [4.78, 5) is 11.1. The molecular weight excluding hydrogens is 454 g/mol. The van der Waals surface area contributed by atoms with Gasteiger partial charge in [-0.05, 0) is 27.8 Å².